The highest BCUT2D eigenvalue weighted by Gasteiger charge is 2.37. The molecule has 1 aliphatic rings. The first-order chi connectivity index (χ1) is 10.1. The average molecular weight is 311 g/mol. The van der Waals surface area contributed by atoms with Crippen LogP contribution in [0.25, 0.3) is 0 Å². The highest BCUT2D eigenvalue weighted by atomic mass is 32.2. The number of aromatic nitrogens is 2. The summed E-state index contributed by atoms with van der Waals surface area (Å²) in [6.45, 7) is 0.455. The summed E-state index contributed by atoms with van der Waals surface area (Å²) in [7, 11) is -3.59. The average Bonchev–Trinajstić information content (AvgIpc) is 3.20. The molecule has 114 valence electrons. The molecule has 0 saturated carbocycles. The Morgan fingerprint density at radius 2 is 2.43 bits per heavy atom. The van der Waals surface area contributed by atoms with Crippen molar-refractivity contribution in [3.05, 3.63) is 36.7 Å². The molecule has 0 unspecified atom stereocenters. The summed E-state index contributed by atoms with van der Waals surface area (Å²) in [5.41, 5.74) is 0. The molecule has 1 saturated heterocycles. The zero-order chi connectivity index (χ0) is 14.9. The number of H-pyrrole nitrogens is 1. The van der Waals surface area contributed by atoms with Crippen molar-refractivity contribution in [3.8, 4) is 0 Å². The van der Waals surface area contributed by atoms with Crippen LogP contribution in [0.2, 0.25) is 0 Å². The lowest BCUT2D eigenvalue weighted by molar-refractivity contribution is 0.118. The van der Waals surface area contributed by atoms with Gasteiger partial charge in [0.15, 0.2) is 5.03 Å². The fourth-order valence-corrected chi connectivity index (χ4v) is 4.33. The van der Waals surface area contributed by atoms with Gasteiger partial charge in [-0.3, -0.25) is 0 Å². The van der Waals surface area contributed by atoms with Gasteiger partial charge in [0, 0.05) is 12.6 Å². The molecule has 0 spiro atoms. The van der Waals surface area contributed by atoms with Gasteiger partial charge in [-0.25, -0.2) is 13.4 Å². The van der Waals surface area contributed by atoms with Crippen LogP contribution in [-0.4, -0.2) is 40.4 Å². The second-order valence-electron chi connectivity index (χ2n) is 5.09. The molecule has 3 heterocycles. The van der Waals surface area contributed by atoms with Gasteiger partial charge in [0.2, 0.25) is 0 Å². The lowest BCUT2D eigenvalue weighted by Gasteiger charge is -2.24. The Balaban J connectivity index is 1.77. The normalized spacial score (nSPS) is 21.7. The maximum absolute atomic E-state index is 12.5. The zero-order valence-electron chi connectivity index (χ0n) is 11.3. The molecular weight excluding hydrogens is 294 g/mol. The largest absolute Gasteiger partial charge is 0.467 e. The smallest absolute Gasteiger partial charge is 0.260 e. The molecule has 2 atom stereocenters. The van der Waals surface area contributed by atoms with Gasteiger partial charge in [-0.1, -0.05) is 0 Å². The Hall–Kier alpha value is -1.64. The van der Waals surface area contributed by atoms with Gasteiger partial charge < -0.3 is 14.5 Å². The van der Waals surface area contributed by atoms with Gasteiger partial charge in [-0.05, 0) is 31.4 Å². The Labute approximate surface area is 122 Å². The van der Waals surface area contributed by atoms with Gasteiger partial charge in [0.05, 0.1) is 18.8 Å². The van der Waals surface area contributed by atoms with Crippen LogP contribution in [-0.2, 0) is 10.0 Å². The Bertz CT molecular complexity index is 666. The first-order valence-corrected chi connectivity index (χ1v) is 8.25. The van der Waals surface area contributed by atoms with E-state index in [1.54, 1.807) is 12.1 Å². The Kier molecular flexibility index (Phi) is 3.83. The van der Waals surface area contributed by atoms with E-state index < -0.39 is 16.1 Å². The number of nitrogens with one attached hydrogen (secondary N) is 1. The number of aliphatic hydroxyl groups is 1. The monoisotopic (exact) mass is 311 g/mol. The Morgan fingerprint density at radius 1 is 1.57 bits per heavy atom. The third-order valence-electron chi connectivity index (χ3n) is 3.75. The summed E-state index contributed by atoms with van der Waals surface area (Å²) >= 11 is 0. The van der Waals surface area contributed by atoms with E-state index in [0.29, 0.717) is 18.7 Å². The summed E-state index contributed by atoms with van der Waals surface area (Å²) in [5, 5.41) is 10.2. The van der Waals surface area contributed by atoms with Crippen molar-refractivity contribution >= 4 is 10.0 Å². The summed E-state index contributed by atoms with van der Waals surface area (Å²) in [6.07, 6.45) is 5.16. The van der Waals surface area contributed by atoms with Crippen molar-refractivity contribution in [2.24, 2.45) is 0 Å². The van der Waals surface area contributed by atoms with Gasteiger partial charge in [-0.15, -0.1) is 0 Å². The SMILES string of the molecule is O=S(=O)(c1cnc[nH]1)N1CCC[C@H]1C[C@H](O)c1ccco1. The number of aliphatic hydroxyl groups excluding tert-OH is 1. The predicted octanol–water partition coefficient (Wildman–Crippen LogP) is 1.28. The maximum atomic E-state index is 12.5. The minimum atomic E-state index is -3.59. The van der Waals surface area contributed by atoms with Crippen LogP contribution < -0.4 is 0 Å². The minimum absolute atomic E-state index is 0.0851. The van der Waals surface area contributed by atoms with Crippen molar-refractivity contribution in [3.63, 3.8) is 0 Å². The molecule has 2 aromatic rings. The van der Waals surface area contributed by atoms with E-state index >= 15 is 0 Å². The maximum Gasteiger partial charge on any atom is 0.260 e. The zero-order valence-corrected chi connectivity index (χ0v) is 12.2. The Morgan fingerprint density at radius 3 is 3.10 bits per heavy atom. The van der Waals surface area contributed by atoms with Crippen LogP contribution in [0, 0.1) is 0 Å². The third-order valence-corrected chi connectivity index (χ3v) is 5.63. The van der Waals surface area contributed by atoms with E-state index in [4.69, 9.17) is 4.42 Å². The highest BCUT2D eigenvalue weighted by Crippen LogP contribution is 2.31. The molecule has 2 aromatic heterocycles. The van der Waals surface area contributed by atoms with E-state index in [9.17, 15) is 13.5 Å². The number of rotatable bonds is 5. The first-order valence-electron chi connectivity index (χ1n) is 6.80. The van der Waals surface area contributed by atoms with E-state index in [-0.39, 0.29) is 11.1 Å². The van der Waals surface area contributed by atoms with Crippen LogP contribution in [0.4, 0.5) is 0 Å². The van der Waals surface area contributed by atoms with E-state index in [0.717, 1.165) is 12.8 Å². The van der Waals surface area contributed by atoms with Gasteiger partial charge >= 0.3 is 0 Å². The predicted molar refractivity (Wildman–Crippen MR) is 73.8 cm³/mol. The van der Waals surface area contributed by atoms with Crippen LogP contribution in [0.15, 0.2) is 40.4 Å². The molecule has 0 bridgehead atoms. The van der Waals surface area contributed by atoms with Crippen molar-refractivity contribution in [2.45, 2.75) is 36.4 Å². The van der Waals surface area contributed by atoms with Crippen molar-refractivity contribution < 1.29 is 17.9 Å². The molecule has 0 aliphatic carbocycles. The van der Waals surface area contributed by atoms with Crippen molar-refractivity contribution in [2.75, 3.05) is 6.54 Å². The molecule has 0 aromatic carbocycles. The summed E-state index contributed by atoms with van der Waals surface area (Å²) in [5.74, 6) is 0.459. The molecule has 2 N–H and O–H groups in total. The molecule has 8 heteroatoms. The standard InChI is InChI=1S/C13H17N3O4S/c17-11(12-4-2-6-20-12)7-10-3-1-5-16(10)21(18,19)13-8-14-9-15-13/h2,4,6,8-11,17H,1,3,5,7H2,(H,14,15)/t10-,11-/m0/s1. The topological polar surface area (TPSA) is 99.4 Å². The van der Waals surface area contributed by atoms with E-state index in [2.05, 4.69) is 9.97 Å². The quantitative estimate of drug-likeness (QED) is 0.866. The van der Waals surface area contributed by atoms with Gasteiger partial charge in [0.25, 0.3) is 10.0 Å². The minimum Gasteiger partial charge on any atom is -0.467 e. The third kappa shape index (κ3) is 2.74. The van der Waals surface area contributed by atoms with Crippen LogP contribution >= 0.6 is 0 Å². The molecular formula is C13H17N3O4S. The molecule has 7 nitrogen and oxygen atoms in total. The molecule has 1 fully saturated rings. The van der Waals surface area contributed by atoms with Gasteiger partial charge in [-0.2, -0.15) is 4.31 Å². The number of aromatic amines is 1. The molecule has 0 amide bonds. The number of hydrogen-bond acceptors (Lipinski definition) is 5. The van der Waals surface area contributed by atoms with Crippen LogP contribution in [0.3, 0.4) is 0 Å². The summed E-state index contributed by atoms with van der Waals surface area (Å²) in [6, 6.07) is 3.15. The van der Waals surface area contributed by atoms with Crippen molar-refractivity contribution in [1.82, 2.24) is 14.3 Å². The molecule has 3 rings (SSSR count). The number of furan rings is 1. The summed E-state index contributed by atoms with van der Waals surface area (Å²) in [4.78, 5) is 6.39. The van der Waals surface area contributed by atoms with Crippen LogP contribution in [0.1, 0.15) is 31.1 Å². The van der Waals surface area contributed by atoms with E-state index in [1.165, 1.54) is 23.1 Å². The second-order valence-corrected chi connectivity index (χ2v) is 6.95. The second kappa shape index (κ2) is 5.63. The fraction of sp³-hybridized carbons (Fsp3) is 0.462. The fourth-order valence-electron chi connectivity index (χ4n) is 2.73. The lowest BCUT2D eigenvalue weighted by atomic mass is 10.1. The first kappa shape index (κ1) is 14.3. The number of sulfonamides is 1. The van der Waals surface area contributed by atoms with Crippen molar-refractivity contribution in [1.29, 1.82) is 0 Å². The summed E-state index contributed by atoms with van der Waals surface area (Å²) < 4.78 is 31.6. The van der Waals surface area contributed by atoms with E-state index in [1.807, 2.05) is 0 Å². The lowest BCUT2D eigenvalue weighted by Crippen LogP contribution is -2.36. The highest BCUT2D eigenvalue weighted by molar-refractivity contribution is 7.89. The molecule has 0 radical (unpaired) electrons. The number of imidazole rings is 1. The number of hydrogen-bond donors (Lipinski definition) is 2. The van der Waals surface area contributed by atoms with Gasteiger partial charge in [0.1, 0.15) is 11.9 Å². The number of nitrogens with zero attached hydrogens (tertiary/aromatic N) is 2. The van der Waals surface area contributed by atoms with Crippen LogP contribution in [0.5, 0.6) is 0 Å². The molecule has 1 aliphatic heterocycles. The molecule has 21 heavy (non-hydrogen) atoms.